The number of anilines is 1. The average molecular weight is 513 g/mol. The third kappa shape index (κ3) is 8.96. The zero-order valence-electron chi connectivity index (χ0n) is 20.1. The second-order valence-electron chi connectivity index (χ2n) is 8.22. The number of amides is 1. The lowest BCUT2D eigenvalue weighted by atomic mass is 10.1. The Bertz CT molecular complexity index is 1180. The second kappa shape index (κ2) is 13.2. The number of thioether (sulfide) groups is 1. The van der Waals surface area contributed by atoms with Crippen molar-refractivity contribution in [3.8, 4) is 5.75 Å². The van der Waals surface area contributed by atoms with E-state index in [0.717, 1.165) is 34.1 Å². The summed E-state index contributed by atoms with van der Waals surface area (Å²) < 4.78 is 31.6. The highest BCUT2D eigenvalue weighted by Crippen LogP contribution is 2.22. The molecule has 0 fully saturated rings. The van der Waals surface area contributed by atoms with Crippen molar-refractivity contribution < 1.29 is 17.9 Å². The Morgan fingerprint density at radius 1 is 0.971 bits per heavy atom. The predicted molar refractivity (Wildman–Crippen MR) is 144 cm³/mol. The van der Waals surface area contributed by atoms with E-state index in [4.69, 9.17) is 4.74 Å². The molecule has 0 aromatic heterocycles. The number of rotatable bonds is 13. The monoisotopic (exact) mass is 512 g/mol. The van der Waals surface area contributed by atoms with Crippen molar-refractivity contribution in [1.29, 1.82) is 0 Å². The standard InChI is InChI=1S/C27H32N2O4S2/c1-22-9-6-7-12-24(22)21-34-18-8-17-28-27(30)19-29(35(2,31)32)25-13-15-26(16-14-25)33-20-23-10-4-3-5-11-23/h3-7,9-16H,8,17-21H2,1-2H3,(H,28,30). The molecule has 0 unspecified atom stereocenters. The highest BCUT2D eigenvalue weighted by atomic mass is 32.2. The normalized spacial score (nSPS) is 11.1. The van der Waals surface area contributed by atoms with Gasteiger partial charge in [-0.1, -0.05) is 54.6 Å². The van der Waals surface area contributed by atoms with E-state index >= 15 is 0 Å². The van der Waals surface area contributed by atoms with Gasteiger partial charge in [-0.2, -0.15) is 11.8 Å². The minimum absolute atomic E-state index is 0.264. The number of nitrogens with zero attached hydrogens (tertiary/aromatic N) is 1. The van der Waals surface area contributed by atoms with Gasteiger partial charge in [0, 0.05) is 12.3 Å². The Morgan fingerprint density at radius 2 is 1.66 bits per heavy atom. The van der Waals surface area contributed by atoms with Gasteiger partial charge in [-0.05, 0) is 60.1 Å². The largest absolute Gasteiger partial charge is 0.489 e. The Morgan fingerprint density at radius 3 is 2.34 bits per heavy atom. The molecule has 0 bridgehead atoms. The molecule has 0 heterocycles. The summed E-state index contributed by atoms with van der Waals surface area (Å²) in [6, 6.07) is 24.8. The molecule has 3 rings (SSSR count). The Kier molecular flexibility index (Phi) is 10.0. The third-order valence-electron chi connectivity index (χ3n) is 5.37. The van der Waals surface area contributed by atoms with Crippen molar-refractivity contribution in [2.24, 2.45) is 0 Å². The Labute approximate surface area is 212 Å². The first-order valence-electron chi connectivity index (χ1n) is 11.5. The topological polar surface area (TPSA) is 75.7 Å². The smallest absolute Gasteiger partial charge is 0.240 e. The van der Waals surface area contributed by atoms with Gasteiger partial charge in [-0.3, -0.25) is 9.10 Å². The van der Waals surface area contributed by atoms with Crippen LogP contribution in [0.15, 0.2) is 78.9 Å². The van der Waals surface area contributed by atoms with Gasteiger partial charge in [0.1, 0.15) is 18.9 Å². The van der Waals surface area contributed by atoms with Crippen LogP contribution in [0.2, 0.25) is 0 Å². The molecule has 0 saturated carbocycles. The number of carbonyl (C=O) groups excluding carboxylic acids is 1. The summed E-state index contributed by atoms with van der Waals surface area (Å²) in [5.74, 6) is 2.14. The number of aryl methyl sites for hydroxylation is 1. The molecule has 8 heteroatoms. The molecule has 0 atom stereocenters. The molecule has 0 aliphatic carbocycles. The number of benzene rings is 3. The lowest BCUT2D eigenvalue weighted by Gasteiger charge is -2.22. The van der Waals surface area contributed by atoms with Crippen LogP contribution in [0.3, 0.4) is 0 Å². The molecule has 0 radical (unpaired) electrons. The summed E-state index contributed by atoms with van der Waals surface area (Å²) in [5, 5.41) is 2.83. The van der Waals surface area contributed by atoms with E-state index < -0.39 is 10.0 Å². The van der Waals surface area contributed by atoms with E-state index in [1.807, 2.05) is 54.2 Å². The second-order valence-corrected chi connectivity index (χ2v) is 11.2. The van der Waals surface area contributed by atoms with Gasteiger partial charge < -0.3 is 10.1 Å². The molecular weight excluding hydrogens is 480 g/mol. The van der Waals surface area contributed by atoms with Crippen molar-refractivity contribution in [2.45, 2.75) is 25.7 Å². The lowest BCUT2D eigenvalue weighted by molar-refractivity contribution is -0.119. The van der Waals surface area contributed by atoms with Gasteiger partial charge in [0.05, 0.1) is 11.9 Å². The summed E-state index contributed by atoms with van der Waals surface area (Å²) in [5.41, 5.74) is 4.06. The van der Waals surface area contributed by atoms with Gasteiger partial charge in [0.2, 0.25) is 15.9 Å². The number of hydrogen-bond donors (Lipinski definition) is 1. The van der Waals surface area contributed by atoms with E-state index in [1.54, 1.807) is 24.3 Å². The van der Waals surface area contributed by atoms with Crippen molar-refractivity contribution >= 4 is 33.4 Å². The lowest BCUT2D eigenvalue weighted by Crippen LogP contribution is -2.40. The van der Waals surface area contributed by atoms with Crippen LogP contribution in [-0.2, 0) is 27.2 Å². The maximum absolute atomic E-state index is 12.4. The van der Waals surface area contributed by atoms with Crippen molar-refractivity contribution in [1.82, 2.24) is 5.32 Å². The van der Waals surface area contributed by atoms with Crippen LogP contribution in [0.5, 0.6) is 5.75 Å². The van der Waals surface area contributed by atoms with Gasteiger partial charge in [0.25, 0.3) is 0 Å². The third-order valence-corrected chi connectivity index (χ3v) is 7.60. The Hall–Kier alpha value is -2.97. The zero-order chi connectivity index (χ0) is 25.1. The molecule has 1 amide bonds. The minimum Gasteiger partial charge on any atom is -0.489 e. The molecule has 0 aliphatic heterocycles. The van der Waals surface area contributed by atoms with E-state index in [2.05, 4.69) is 24.4 Å². The molecule has 3 aromatic carbocycles. The Balaban J connectivity index is 1.45. The maximum Gasteiger partial charge on any atom is 0.240 e. The fourth-order valence-corrected chi connectivity index (χ4v) is 5.29. The molecule has 6 nitrogen and oxygen atoms in total. The number of carbonyl (C=O) groups is 1. The van der Waals surface area contributed by atoms with Gasteiger partial charge in [-0.25, -0.2) is 8.42 Å². The van der Waals surface area contributed by atoms with Crippen LogP contribution < -0.4 is 14.4 Å². The van der Waals surface area contributed by atoms with Gasteiger partial charge in [-0.15, -0.1) is 0 Å². The zero-order valence-corrected chi connectivity index (χ0v) is 21.8. The molecule has 1 N–H and O–H groups in total. The SMILES string of the molecule is Cc1ccccc1CSCCCNC(=O)CN(c1ccc(OCc2ccccc2)cc1)S(C)(=O)=O. The summed E-state index contributed by atoms with van der Waals surface area (Å²) in [6.07, 6.45) is 1.91. The maximum atomic E-state index is 12.4. The number of hydrogen-bond acceptors (Lipinski definition) is 5. The molecule has 186 valence electrons. The van der Waals surface area contributed by atoms with Crippen LogP contribution in [0.1, 0.15) is 23.1 Å². The minimum atomic E-state index is -3.63. The van der Waals surface area contributed by atoms with E-state index in [0.29, 0.717) is 24.6 Å². The van der Waals surface area contributed by atoms with Crippen molar-refractivity contribution in [2.75, 3.05) is 29.4 Å². The molecule has 3 aromatic rings. The van der Waals surface area contributed by atoms with E-state index in [9.17, 15) is 13.2 Å². The first-order valence-corrected chi connectivity index (χ1v) is 14.5. The molecule has 35 heavy (non-hydrogen) atoms. The molecule has 0 spiro atoms. The van der Waals surface area contributed by atoms with Crippen LogP contribution in [0.4, 0.5) is 5.69 Å². The van der Waals surface area contributed by atoms with E-state index in [-0.39, 0.29) is 12.5 Å². The molecular formula is C27H32N2O4S2. The van der Waals surface area contributed by atoms with Crippen LogP contribution in [-0.4, -0.2) is 39.4 Å². The van der Waals surface area contributed by atoms with Crippen LogP contribution >= 0.6 is 11.8 Å². The van der Waals surface area contributed by atoms with Gasteiger partial charge >= 0.3 is 0 Å². The molecule has 0 saturated heterocycles. The van der Waals surface area contributed by atoms with Crippen LogP contribution in [0, 0.1) is 6.92 Å². The fourth-order valence-electron chi connectivity index (χ4n) is 3.39. The summed E-state index contributed by atoms with van der Waals surface area (Å²) in [4.78, 5) is 12.4. The van der Waals surface area contributed by atoms with Crippen molar-refractivity contribution in [3.63, 3.8) is 0 Å². The number of sulfonamides is 1. The summed E-state index contributed by atoms with van der Waals surface area (Å²) >= 11 is 1.82. The summed E-state index contributed by atoms with van der Waals surface area (Å²) in [7, 11) is -3.63. The first kappa shape index (κ1) is 26.6. The highest BCUT2D eigenvalue weighted by molar-refractivity contribution is 7.98. The summed E-state index contributed by atoms with van der Waals surface area (Å²) in [6.45, 7) is 2.76. The average Bonchev–Trinajstić information content (AvgIpc) is 2.85. The highest BCUT2D eigenvalue weighted by Gasteiger charge is 2.20. The number of ether oxygens (including phenoxy) is 1. The quantitative estimate of drug-likeness (QED) is 0.334. The fraction of sp³-hybridized carbons (Fsp3) is 0.296. The first-order chi connectivity index (χ1) is 16.8. The van der Waals surface area contributed by atoms with Crippen molar-refractivity contribution in [3.05, 3.63) is 95.6 Å². The van der Waals surface area contributed by atoms with Crippen LogP contribution in [0.25, 0.3) is 0 Å². The molecule has 0 aliphatic rings. The van der Waals surface area contributed by atoms with Gasteiger partial charge in [0.15, 0.2) is 0 Å². The number of nitrogens with one attached hydrogen (secondary N) is 1. The predicted octanol–water partition coefficient (Wildman–Crippen LogP) is 4.78. The van der Waals surface area contributed by atoms with E-state index in [1.165, 1.54) is 11.1 Å².